The number of rotatable bonds is 9. The first-order valence-electron chi connectivity index (χ1n) is 10.7. The molecule has 0 aliphatic carbocycles. The molecule has 0 saturated carbocycles. The molecule has 9 heteroatoms. The maximum atomic E-state index is 12.7. The van der Waals surface area contributed by atoms with Crippen molar-refractivity contribution in [2.45, 2.75) is 6.92 Å². The monoisotopic (exact) mass is 470 g/mol. The minimum absolute atomic E-state index is 0.139. The zero-order valence-corrected chi connectivity index (χ0v) is 19.1. The molecule has 1 heterocycles. The second-order valence-electron chi connectivity index (χ2n) is 7.44. The van der Waals surface area contributed by atoms with E-state index in [4.69, 9.17) is 14.2 Å². The fraction of sp³-hybridized carbons (Fsp3) is 0.292. The summed E-state index contributed by atoms with van der Waals surface area (Å²) >= 11 is 0. The van der Waals surface area contributed by atoms with Gasteiger partial charge in [-0.15, -0.1) is 0 Å². The largest absolute Gasteiger partial charge is 0.492 e. The summed E-state index contributed by atoms with van der Waals surface area (Å²) in [5, 5.41) is 4.91. The minimum Gasteiger partial charge on any atom is -0.492 e. The van der Waals surface area contributed by atoms with Crippen LogP contribution in [0.5, 0.6) is 17.2 Å². The second-order valence-corrected chi connectivity index (χ2v) is 9.62. The first-order chi connectivity index (χ1) is 16.0. The summed E-state index contributed by atoms with van der Waals surface area (Å²) in [6, 6.07) is 18.6. The molecule has 1 N–H and O–H groups in total. The molecule has 8 nitrogen and oxygen atoms in total. The van der Waals surface area contributed by atoms with Crippen LogP contribution in [0, 0.1) is 0 Å². The summed E-state index contributed by atoms with van der Waals surface area (Å²) in [6.45, 7) is 2.52. The van der Waals surface area contributed by atoms with E-state index in [-0.39, 0.29) is 25.4 Å². The van der Waals surface area contributed by atoms with E-state index in [1.54, 1.807) is 18.2 Å². The van der Waals surface area contributed by atoms with Crippen molar-refractivity contribution in [3.05, 3.63) is 60.7 Å². The fourth-order valence-electron chi connectivity index (χ4n) is 3.50. The Morgan fingerprint density at radius 2 is 1.76 bits per heavy atom. The quantitative estimate of drug-likeness (QED) is 0.483. The van der Waals surface area contributed by atoms with Crippen molar-refractivity contribution in [1.82, 2.24) is 5.32 Å². The van der Waals surface area contributed by atoms with Gasteiger partial charge in [0.2, 0.25) is 15.9 Å². The highest BCUT2D eigenvalue weighted by atomic mass is 32.2. The van der Waals surface area contributed by atoms with E-state index >= 15 is 0 Å². The lowest BCUT2D eigenvalue weighted by Gasteiger charge is -2.25. The van der Waals surface area contributed by atoms with E-state index in [1.807, 2.05) is 42.5 Å². The Kier molecular flexibility index (Phi) is 6.88. The van der Waals surface area contributed by atoms with E-state index in [1.165, 1.54) is 6.92 Å². The molecule has 3 aromatic rings. The van der Waals surface area contributed by atoms with Gasteiger partial charge in [-0.2, -0.15) is 0 Å². The fourth-order valence-corrected chi connectivity index (χ4v) is 4.56. The molecule has 0 unspecified atom stereocenters. The predicted molar refractivity (Wildman–Crippen MR) is 127 cm³/mol. The molecule has 4 rings (SSSR count). The third kappa shape index (κ3) is 5.48. The Balaban J connectivity index is 1.36. The van der Waals surface area contributed by atoms with E-state index in [0.717, 1.165) is 15.1 Å². The Bertz CT molecular complexity index is 1240. The number of ether oxygens (including phenoxy) is 3. The van der Waals surface area contributed by atoms with Crippen LogP contribution < -0.4 is 23.8 Å². The molecule has 3 aromatic carbocycles. The number of nitrogens with one attached hydrogen (secondary N) is 1. The van der Waals surface area contributed by atoms with Crippen molar-refractivity contribution in [2.24, 2.45) is 0 Å². The SMILES string of the molecule is CCS(=O)(=O)N(CC(=O)NCCOc1ccc2ccccc2c1)c1ccc2c(c1)OCCO2. The Labute approximate surface area is 193 Å². The molecule has 0 spiro atoms. The van der Waals surface area contributed by atoms with Crippen molar-refractivity contribution < 1.29 is 27.4 Å². The van der Waals surface area contributed by atoms with Gasteiger partial charge in [-0.25, -0.2) is 8.42 Å². The molecule has 33 heavy (non-hydrogen) atoms. The first kappa shape index (κ1) is 22.7. The average Bonchev–Trinajstić information content (AvgIpc) is 2.84. The molecular weight excluding hydrogens is 444 g/mol. The van der Waals surface area contributed by atoms with E-state index in [9.17, 15) is 13.2 Å². The van der Waals surface area contributed by atoms with Crippen LogP contribution in [0.3, 0.4) is 0 Å². The number of benzene rings is 3. The van der Waals surface area contributed by atoms with Gasteiger partial charge in [-0.05, 0) is 42.0 Å². The maximum Gasteiger partial charge on any atom is 0.240 e. The van der Waals surface area contributed by atoms with Crippen LogP contribution in [0.15, 0.2) is 60.7 Å². The molecule has 0 fully saturated rings. The van der Waals surface area contributed by atoms with Crippen LogP contribution in [0.25, 0.3) is 10.8 Å². The number of carbonyl (C=O) groups is 1. The summed E-state index contributed by atoms with van der Waals surface area (Å²) in [6.07, 6.45) is 0. The zero-order valence-electron chi connectivity index (χ0n) is 18.3. The molecule has 0 saturated heterocycles. The average molecular weight is 471 g/mol. The molecule has 1 aliphatic heterocycles. The zero-order chi connectivity index (χ0) is 23.3. The van der Waals surface area contributed by atoms with Gasteiger partial charge in [0.15, 0.2) is 11.5 Å². The maximum absolute atomic E-state index is 12.7. The number of carbonyl (C=O) groups excluding carboxylic acids is 1. The number of amides is 1. The van der Waals surface area contributed by atoms with Crippen LogP contribution in [0.4, 0.5) is 5.69 Å². The van der Waals surface area contributed by atoms with Gasteiger partial charge in [-0.1, -0.05) is 30.3 Å². The third-order valence-electron chi connectivity index (χ3n) is 5.22. The number of fused-ring (bicyclic) bond motifs is 2. The van der Waals surface area contributed by atoms with E-state index in [0.29, 0.717) is 36.1 Å². The molecule has 0 atom stereocenters. The van der Waals surface area contributed by atoms with Gasteiger partial charge in [0.05, 0.1) is 18.0 Å². The van der Waals surface area contributed by atoms with Gasteiger partial charge in [0.25, 0.3) is 0 Å². The van der Waals surface area contributed by atoms with Crippen LogP contribution in [-0.4, -0.2) is 53.0 Å². The van der Waals surface area contributed by atoms with E-state index < -0.39 is 15.9 Å². The minimum atomic E-state index is -3.68. The highest BCUT2D eigenvalue weighted by Gasteiger charge is 2.25. The van der Waals surface area contributed by atoms with Gasteiger partial charge >= 0.3 is 0 Å². The first-order valence-corrected chi connectivity index (χ1v) is 12.4. The highest BCUT2D eigenvalue weighted by molar-refractivity contribution is 7.92. The number of anilines is 1. The Hall–Kier alpha value is -3.46. The molecule has 1 amide bonds. The summed E-state index contributed by atoms with van der Waals surface area (Å²) in [5.74, 6) is 1.15. The summed E-state index contributed by atoms with van der Waals surface area (Å²) in [7, 11) is -3.68. The lowest BCUT2D eigenvalue weighted by atomic mass is 10.1. The van der Waals surface area contributed by atoms with Crippen molar-refractivity contribution in [2.75, 3.05) is 43.0 Å². The van der Waals surface area contributed by atoms with Crippen molar-refractivity contribution in [3.63, 3.8) is 0 Å². The number of hydrogen-bond acceptors (Lipinski definition) is 6. The van der Waals surface area contributed by atoms with Crippen LogP contribution >= 0.6 is 0 Å². The molecule has 1 aliphatic rings. The summed E-state index contributed by atoms with van der Waals surface area (Å²) < 4.78 is 43.2. The summed E-state index contributed by atoms with van der Waals surface area (Å²) in [5.41, 5.74) is 0.351. The molecule has 174 valence electrons. The van der Waals surface area contributed by atoms with Crippen LogP contribution in [0.1, 0.15) is 6.92 Å². The molecular formula is C24H26N2O6S. The second kappa shape index (κ2) is 9.99. The van der Waals surface area contributed by atoms with Gasteiger partial charge in [0.1, 0.15) is 32.1 Å². The molecule has 0 radical (unpaired) electrons. The number of sulfonamides is 1. The van der Waals surface area contributed by atoms with E-state index in [2.05, 4.69) is 5.32 Å². The summed E-state index contributed by atoms with van der Waals surface area (Å²) in [4.78, 5) is 12.5. The predicted octanol–water partition coefficient (Wildman–Crippen LogP) is 2.96. The van der Waals surface area contributed by atoms with Gasteiger partial charge < -0.3 is 19.5 Å². The standard InChI is InChI=1S/C24H26N2O6S/c1-2-33(28,29)26(20-8-10-22-23(16-20)32-14-13-31-22)17-24(27)25-11-12-30-21-9-7-18-5-3-4-6-19(18)15-21/h3-10,15-16H,2,11-14,17H2,1H3,(H,25,27). The van der Waals surface area contributed by atoms with Crippen molar-refractivity contribution in [3.8, 4) is 17.2 Å². The third-order valence-corrected chi connectivity index (χ3v) is 6.96. The lowest BCUT2D eigenvalue weighted by molar-refractivity contribution is -0.119. The molecule has 0 bridgehead atoms. The Morgan fingerprint density at radius 3 is 2.55 bits per heavy atom. The molecule has 0 aromatic heterocycles. The van der Waals surface area contributed by atoms with Gasteiger partial charge in [-0.3, -0.25) is 9.10 Å². The highest BCUT2D eigenvalue weighted by Crippen LogP contribution is 2.34. The number of hydrogen-bond donors (Lipinski definition) is 1. The lowest BCUT2D eigenvalue weighted by Crippen LogP contribution is -2.42. The Morgan fingerprint density at radius 1 is 1.00 bits per heavy atom. The van der Waals surface area contributed by atoms with Crippen LogP contribution in [0.2, 0.25) is 0 Å². The number of nitrogens with zero attached hydrogens (tertiary/aromatic N) is 1. The van der Waals surface area contributed by atoms with Crippen LogP contribution in [-0.2, 0) is 14.8 Å². The topological polar surface area (TPSA) is 94.2 Å². The smallest absolute Gasteiger partial charge is 0.240 e. The normalized spacial score (nSPS) is 12.9. The van der Waals surface area contributed by atoms with Crippen molar-refractivity contribution in [1.29, 1.82) is 0 Å². The van der Waals surface area contributed by atoms with Crippen molar-refractivity contribution >= 4 is 32.4 Å². The van der Waals surface area contributed by atoms with Gasteiger partial charge in [0, 0.05) is 6.07 Å².